The first-order valence-electron chi connectivity index (χ1n) is 6.34. The summed E-state index contributed by atoms with van der Waals surface area (Å²) >= 11 is 3.12. The number of carbonyl (C=O) groups excluding carboxylic acids is 1. The van der Waals surface area contributed by atoms with Crippen LogP contribution in [0.2, 0.25) is 0 Å². The van der Waals surface area contributed by atoms with E-state index in [0.717, 1.165) is 11.1 Å². The zero-order chi connectivity index (χ0) is 15.6. The molecular formula is C16H15BrFNO2. The highest BCUT2D eigenvalue weighted by Crippen LogP contribution is 2.26. The molecule has 0 saturated heterocycles. The van der Waals surface area contributed by atoms with E-state index in [2.05, 4.69) is 21.2 Å². The fourth-order valence-electron chi connectivity index (χ4n) is 1.97. The van der Waals surface area contributed by atoms with E-state index in [1.165, 1.54) is 13.2 Å². The first-order chi connectivity index (χ1) is 9.92. The molecule has 0 heterocycles. The van der Waals surface area contributed by atoms with Crippen LogP contribution in [0.5, 0.6) is 5.75 Å². The molecule has 0 unspecified atom stereocenters. The summed E-state index contributed by atoms with van der Waals surface area (Å²) in [6.45, 7) is 3.69. The largest absolute Gasteiger partial charge is 0.496 e. The molecule has 0 atom stereocenters. The Morgan fingerprint density at radius 3 is 2.62 bits per heavy atom. The number of rotatable bonds is 3. The number of hydrogen-bond acceptors (Lipinski definition) is 2. The molecule has 110 valence electrons. The van der Waals surface area contributed by atoms with E-state index in [1.54, 1.807) is 25.1 Å². The summed E-state index contributed by atoms with van der Waals surface area (Å²) in [6, 6.07) is 8.25. The Bertz CT molecular complexity index is 701. The highest BCUT2D eigenvalue weighted by atomic mass is 79.9. The summed E-state index contributed by atoms with van der Waals surface area (Å²) < 4.78 is 19.2. The Labute approximate surface area is 131 Å². The van der Waals surface area contributed by atoms with Gasteiger partial charge in [-0.2, -0.15) is 0 Å². The van der Waals surface area contributed by atoms with Crippen LogP contribution >= 0.6 is 15.9 Å². The van der Waals surface area contributed by atoms with Crippen LogP contribution in [0.1, 0.15) is 21.5 Å². The van der Waals surface area contributed by atoms with Crippen molar-refractivity contribution in [2.45, 2.75) is 13.8 Å². The van der Waals surface area contributed by atoms with Crippen molar-refractivity contribution in [3.8, 4) is 5.75 Å². The van der Waals surface area contributed by atoms with Crippen LogP contribution in [0, 0.1) is 19.7 Å². The maximum absolute atomic E-state index is 13.6. The van der Waals surface area contributed by atoms with Gasteiger partial charge in [-0.05, 0) is 59.6 Å². The van der Waals surface area contributed by atoms with Crippen molar-refractivity contribution in [2.75, 3.05) is 12.4 Å². The Kier molecular flexibility index (Phi) is 4.63. The van der Waals surface area contributed by atoms with Crippen LogP contribution in [-0.2, 0) is 0 Å². The van der Waals surface area contributed by atoms with Crippen LogP contribution in [0.15, 0.2) is 34.8 Å². The smallest absolute Gasteiger partial charge is 0.259 e. The van der Waals surface area contributed by atoms with Gasteiger partial charge in [-0.25, -0.2) is 4.39 Å². The molecule has 5 heteroatoms. The Hall–Kier alpha value is -1.88. The van der Waals surface area contributed by atoms with E-state index in [4.69, 9.17) is 4.74 Å². The second-order valence-corrected chi connectivity index (χ2v) is 5.59. The molecular weight excluding hydrogens is 337 g/mol. The lowest BCUT2D eigenvalue weighted by molar-refractivity contribution is 0.102. The standard InChI is InChI=1S/C16H15BrFNO2/c1-9-4-5-15(21-3)11(6-9)16(20)19-14-8-13(18)12(17)7-10(14)2/h4-8H,1-3H3,(H,19,20). The van der Waals surface area contributed by atoms with E-state index in [-0.39, 0.29) is 5.91 Å². The zero-order valence-electron chi connectivity index (χ0n) is 12.0. The fraction of sp³-hybridized carbons (Fsp3) is 0.188. The van der Waals surface area contributed by atoms with E-state index in [1.807, 2.05) is 13.0 Å². The molecule has 0 bridgehead atoms. The molecule has 0 fully saturated rings. The normalized spacial score (nSPS) is 10.3. The number of hydrogen-bond donors (Lipinski definition) is 1. The van der Waals surface area contributed by atoms with Crippen molar-refractivity contribution in [1.82, 2.24) is 0 Å². The molecule has 21 heavy (non-hydrogen) atoms. The average molecular weight is 352 g/mol. The molecule has 0 saturated carbocycles. The van der Waals surface area contributed by atoms with E-state index >= 15 is 0 Å². The molecule has 2 aromatic carbocycles. The predicted octanol–water partition coefficient (Wildman–Crippen LogP) is 4.47. The lowest BCUT2D eigenvalue weighted by Gasteiger charge is -2.12. The van der Waals surface area contributed by atoms with Gasteiger partial charge in [0.05, 0.1) is 17.1 Å². The van der Waals surface area contributed by atoms with Crippen LogP contribution in [0.3, 0.4) is 0 Å². The predicted molar refractivity (Wildman–Crippen MR) is 84.5 cm³/mol. The number of halogens is 2. The van der Waals surface area contributed by atoms with Crippen molar-refractivity contribution in [1.29, 1.82) is 0 Å². The second kappa shape index (κ2) is 6.26. The van der Waals surface area contributed by atoms with Gasteiger partial charge in [-0.3, -0.25) is 4.79 Å². The van der Waals surface area contributed by atoms with Gasteiger partial charge in [0, 0.05) is 5.69 Å². The quantitative estimate of drug-likeness (QED) is 0.885. The van der Waals surface area contributed by atoms with E-state index in [0.29, 0.717) is 21.5 Å². The number of benzene rings is 2. The average Bonchev–Trinajstić information content (AvgIpc) is 2.44. The molecule has 0 radical (unpaired) electrons. The molecule has 1 amide bonds. The molecule has 0 aliphatic carbocycles. The topological polar surface area (TPSA) is 38.3 Å². The number of ether oxygens (including phenoxy) is 1. The minimum atomic E-state index is -0.424. The zero-order valence-corrected chi connectivity index (χ0v) is 13.5. The summed E-state index contributed by atoms with van der Waals surface area (Å²) in [5.41, 5.74) is 2.56. The summed E-state index contributed by atoms with van der Waals surface area (Å²) in [5.74, 6) is -0.277. The van der Waals surface area contributed by atoms with Crippen molar-refractivity contribution >= 4 is 27.5 Å². The first-order valence-corrected chi connectivity index (χ1v) is 7.13. The molecule has 2 rings (SSSR count). The maximum atomic E-state index is 13.6. The Balaban J connectivity index is 2.34. The third kappa shape index (κ3) is 3.42. The lowest BCUT2D eigenvalue weighted by Crippen LogP contribution is -2.14. The SMILES string of the molecule is COc1ccc(C)cc1C(=O)Nc1cc(F)c(Br)cc1C. The molecule has 1 N–H and O–H groups in total. The van der Waals surface area contributed by atoms with Crippen molar-refractivity contribution in [2.24, 2.45) is 0 Å². The molecule has 0 aliphatic heterocycles. The third-order valence-electron chi connectivity index (χ3n) is 3.12. The Morgan fingerprint density at radius 2 is 1.95 bits per heavy atom. The van der Waals surface area contributed by atoms with Gasteiger partial charge in [-0.15, -0.1) is 0 Å². The number of methoxy groups -OCH3 is 1. The van der Waals surface area contributed by atoms with Crippen molar-refractivity contribution in [3.05, 3.63) is 57.3 Å². The summed E-state index contributed by atoms with van der Waals surface area (Å²) in [5, 5.41) is 2.72. The minimum Gasteiger partial charge on any atom is -0.496 e. The number of anilines is 1. The minimum absolute atomic E-state index is 0.333. The van der Waals surface area contributed by atoms with Crippen LogP contribution in [0.25, 0.3) is 0 Å². The van der Waals surface area contributed by atoms with Gasteiger partial charge in [0.15, 0.2) is 0 Å². The fourth-order valence-corrected chi connectivity index (χ4v) is 2.43. The molecule has 2 aromatic rings. The van der Waals surface area contributed by atoms with Crippen molar-refractivity contribution in [3.63, 3.8) is 0 Å². The molecule has 3 nitrogen and oxygen atoms in total. The second-order valence-electron chi connectivity index (χ2n) is 4.74. The van der Waals surface area contributed by atoms with E-state index < -0.39 is 5.82 Å². The van der Waals surface area contributed by atoms with Gasteiger partial charge in [-0.1, -0.05) is 11.6 Å². The number of carbonyl (C=O) groups is 1. The van der Waals surface area contributed by atoms with Crippen molar-refractivity contribution < 1.29 is 13.9 Å². The highest BCUT2D eigenvalue weighted by Gasteiger charge is 2.14. The van der Waals surface area contributed by atoms with Gasteiger partial charge in [0.1, 0.15) is 11.6 Å². The monoisotopic (exact) mass is 351 g/mol. The lowest BCUT2D eigenvalue weighted by atomic mass is 10.1. The molecule has 0 spiro atoms. The van der Waals surface area contributed by atoms with Gasteiger partial charge >= 0.3 is 0 Å². The molecule has 0 aromatic heterocycles. The highest BCUT2D eigenvalue weighted by molar-refractivity contribution is 9.10. The maximum Gasteiger partial charge on any atom is 0.259 e. The van der Waals surface area contributed by atoms with Crippen LogP contribution in [-0.4, -0.2) is 13.0 Å². The summed E-state index contributed by atoms with van der Waals surface area (Å²) in [4.78, 5) is 12.4. The van der Waals surface area contributed by atoms with E-state index in [9.17, 15) is 9.18 Å². The van der Waals surface area contributed by atoms with Crippen LogP contribution < -0.4 is 10.1 Å². The van der Waals surface area contributed by atoms with Crippen LogP contribution in [0.4, 0.5) is 10.1 Å². The van der Waals surface area contributed by atoms with Gasteiger partial charge in [0.25, 0.3) is 5.91 Å². The first kappa shape index (κ1) is 15.5. The van der Waals surface area contributed by atoms with Gasteiger partial charge < -0.3 is 10.1 Å². The summed E-state index contributed by atoms with van der Waals surface area (Å²) in [6.07, 6.45) is 0. The number of amides is 1. The Morgan fingerprint density at radius 1 is 1.24 bits per heavy atom. The number of aryl methyl sites for hydroxylation is 2. The molecule has 0 aliphatic rings. The number of nitrogens with one attached hydrogen (secondary N) is 1. The van der Waals surface area contributed by atoms with Gasteiger partial charge in [0.2, 0.25) is 0 Å². The third-order valence-corrected chi connectivity index (χ3v) is 3.72. The summed E-state index contributed by atoms with van der Waals surface area (Å²) in [7, 11) is 1.51.